The Morgan fingerprint density at radius 3 is 2.19 bits per heavy atom. The number of amides is 2. The molecule has 4 saturated carbocycles. The molecule has 0 radical (unpaired) electrons. The first-order chi connectivity index (χ1) is 15.5. The molecule has 2 aromatic carbocycles. The number of carbonyl (C=O) groups excluding carboxylic acids is 2. The largest absolute Gasteiger partial charge is 0.350 e. The van der Waals surface area contributed by atoms with E-state index in [9.17, 15) is 9.59 Å². The summed E-state index contributed by atoms with van der Waals surface area (Å²) < 4.78 is 0. The highest BCUT2D eigenvalue weighted by Crippen LogP contribution is 2.55. The third-order valence-corrected chi connectivity index (χ3v) is 8.65. The van der Waals surface area contributed by atoms with Gasteiger partial charge in [-0.05, 0) is 80.9 Å². The molecule has 0 saturated heterocycles. The molecule has 168 valence electrons. The van der Waals surface area contributed by atoms with Crippen molar-refractivity contribution in [3.8, 4) is 0 Å². The number of hydrogen-bond donors (Lipinski definition) is 2. The van der Waals surface area contributed by atoms with Gasteiger partial charge in [0.25, 0.3) is 5.91 Å². The Hall–Kier alpha value is -2.27. The Labute approximate surface area is 194 Å². The average molecular weight is 449 g/mol. The topological polar surface area (TPSA) is 58.2 Å². The van der Waals surface area contributed by atoms with Crippen molar-refractivity contribution in [1.82, 2.24) is 10.6 Å². The van der Waals surface area contributed by atoms with Crippen LogP contribution in [0.1, 0.15) is 67.4 Å². The first-order valence-corrected chi connectivity index (χ1v) is 12.9. The van der Waals surface area contributed by atoms with E-state index < -0.39 is 0 Å². The predicted octanol–water partition coefficient (Wildman–Crippen LogP) is 5.35. The van der Waals surface area contributed by atoms with Crippen molar-refractivity contribution in [2.45, 2.75) is 61.9 Å². The molecule has 0 aliphatic heterocycles. The first kappa shape index (κ1) is 21.6. The second-order valence-electron chi connectivity index (χ2n) is 10.1. The molecular weight excluding hydrogens is 416 g/mol. The highest BCUT2D eigenvalue weighted by atomic mass is 32.2. The fourth-order valence-corrected chi connectivity index (χ4v) is 7.47. The fourth-order valence-electron chi connectivity index (χ4n) is 6.62. The third kappa shape index (κ3) is 4.59. The van der Waals surface area contributed by atoms with Crippen molar-refractivity contribution < 1.29 is 9.59 Å². The van der Waals surface area contributed by atoms with Crippen LogP contribution in [0.4, 0.5) is 0 Å². The quantitative estimate of drug-likeness (QED) is 0.561. The maximum atomic E-state index is 13.0. The Morgan fingerprint density at radius 1 is 0.938 bits per heavy atom. The lowest BCUT2D eigenvalue weighted by Crippen LogP contribution is -2.60. The van der Waals surface area contributed by atoms with E-state index in [4.69, 9.17) is 0 Å². The third-order valence-electron chi connectivity index (χ3n) is 7.58. The molecule has 0 spiro atoms. The van der Waals surface area contributed by atoms with E-state index in [1.54, 1.807) is 0 Å². The molecule has 32 heavy (non-hydrogen) atoms. The summed E-state index contributed by atoms with van der Waals surface area (Å²) in [4.78, 5) is 26.7. The normalized spacial score (nSPS) is 28.8. The van der Waals surface area contributed by atoms with Gasteiger partial charge in [-0.2, -0.15) is 0 Å². The van der Waals surface area contributed by atoms with Gasteiger partial charge in [0.2, 0.25) is 5.91 Å². The summed E-state index contributed by atoms with van der Waals surface area (Å²) in [5, 5.41) is 6.53. The van der Waals surface area contributed by atoms with E-state index in [1.807, 2.05) is 61.5 Å². The molecule has 0 unspecified atom stereocenters. The number of hydrogen-bond acceptors (Lipinski definition) is 3. The molecule has 4 nitrogen and oxygen atoms in total. The van der Waals surface area contributed by atoms with Crippen LogP contribution < -0.4 is 10.6 Å². The van der Waals surface area contributed by atoms with Gasteiger partial charge in [-0.15, -0.1) is 11.8 Å². The van der Waals surface area contributed by atoms with E-state index in [-0.39, 0.29) is 23.4 Å². The molecule has 4 aliphatic rings. The standard InChI is InChI=1S/C27H32N2O2S/c1-18(22-7-3-2-4-8-22)28-26(31)23-9-5-6-10-24(23)32-17-25(30)29-27-14-19-11-20(15-27)13-21(12-19)16-27/h2-10,18-21H,11-17H2,1H3,(H,28,31)(H,29,30)/t18-,19?,20?,21?,27?/m1/s1. The molecular formula is C27H32N2O2S. The summed E-state index contributed by atoms with van der Waals surface area (Å²) in [5.74, 6) is 2.77. The zero-order valence-electron chi connectivity index (χ0n) is 18.7. The minimum atomic E-state index is -0.106. The van der Waals surface area contributed by atoms with Gasteiger partial charge >= 0.3 is 0 Å². The van der Waals surface area contributed by atoms with Gasteiger partial charge in [0, 0.05) is 10.4 Å². The van der Waals surface area contributed by atoms with Gasteiger partial charge in [0.05, 0.1) is 17.4 Å². The summed E-state index contributed by atoms with van der Waals surface area (Å²) >= 11 is 1.46. The fraction of sp³-hybridized carbons (Fsp3) is 0.481. The van der Waals surface area contributed by atoms with E-state index in [2.05, 4.69) is 10.6 Å². The SMILES string of the molecule is C[C@@H](NC(=O)c1ccccc1SCC(=O)NC12CC3CC(CC(C3)C1)C2)c1ccccc1. The van der Waals surface area contributed by atoms with Crippen LogP contribution in [0.5, 0.6) is 0 Å². The van der Waals surface area contributed by atoms with Crippen molar-refractivity contribution >= 4 is 23.6 Å². The van der Waals surface area contributed by atoms with Crippen LogP contribution in [0.3, 0.4) is 0 Å². The average Bonchev–Trinajstić information content (AvgIpc) is 2.77. The number of nitrogens with one attached hydrogen (secondary N) is 2. The number of thioether (sulfide) groups is 1. The van der Waals surface area contributed by atoms with Crippen molar-refractivity contribution in [1.29, 1.82) is 0 Å². The predicted molar refractivity (Wildman–Crippen MR) is 129 cm³/mol. The van der Waals surface area contributed by atoms with Gasteiger partial charge in [-0.25, -0.2) is 0 Å². The van der Waals surface area contributed by atoms with E-state index in [1.165, 1.54) is 31.0 Å². The van der Waals surface area contributed by atoms with Gasteiger partial charge in [-0.3, -0.25) is 9.59 Å². The summed E-state index contributed by atoms with van der Waals surface area (Å²) in [6.07, 6.45) is 7.58. The molecule has 6 rings (SSSR count). The van der Waals surface area contributed by atoms with E-state index >= 15 is 0 Å². The molecule has 1 atom stereocenters. The highest BCUT2D eigenvalue weighted by molar-refractivity contribution is 8.00. The summed E-state index contributed by atoms with van der Waals surface area (Å²) in [7, 11) is 0. The van der Waals surface area contributed by atoms with Crippen LogP contribution in [0, 0.1) is 17.8 Å². The zero-order chi connectivity index (χ0) is 22.1. The minimum Gasteiger partial charge on any atom is -0.350 e. The Bertz CT molecular complexity index is 955. The Balaban J connectivity index is 1.20. The van der Waals surface area contributed by atoms with Crippen LogP contribution in [-0.4, -0.2) is 23.1 Å². The number of carbonyl (C=O) groups is 2. The van der Waals surface area contributed by atoms with Crippen LogP contribution in [-0.2, 0) is 4.79 Å². The first-order valence-electron chi connectivity index (χ1n) is 11.9. The number of benzene rings is 2. The summed E-state index contributed by atoms with van der Waals surface area (Å²) in [5.41, 5.74) is 1.73. The lowest BCUT2D eigenvalue weighted by molar-refractivity contribution is -0.124. The van der Waals surface area contributed by atoms with Crippen LogP contribution in [0.15, 0.2) is 59.5 Å². The molecule has 0 heterocycles. The van der Waals surface area contributed by atoms with Crippen LogP contribution >= 0.6 is 11.8 Å². The van der Waals surface area contributed by atoms with Gasteiger partial charge in [0.1, 0.15) is 0 Å². The Kier molecular flexibility index (Phi) is 6.02. The van der Waals surface area contributed by atoms with Gasteiger partial charge in [0.15, 0.2) is 0 Å². The zero-order valence-corrected chi connectivity index (χ0v) is 19.5. The van der Waals surface area contributed by atoms with E-state index in [0.717, 1.165) is 47.5 Å². The minimum absolute atomic E-state index is 0.0361. The molecule has 0 aromatic heterocycles. The van der Waals surface area contributed by atoms with Gasteiger partial charge in [-0.1, -0.05) is 42.5 Å². The summed E-state index contributed by atoms with van der Waals surface area (Å²) in [6.45, 7) is 1.99. The highest BCUT2D eigenvalue weighted by Gasteiger charge is 2.51. The Morgan fingerprint density at radius 2 is 1.53 bits per heavy atom. The summed E-state index contributed by atoms with van der Waals surface area (Å²) in [6, 6.07) is 17.4. The van der Waals surface area contributed by atoms with Crippen molar-refractivity contribution in [2.24, 2.45) is 17.8 Å². The monoisotopic (exact) mass is 448 g/mol. The molecule has 2 amide bonds. The van der Waals surface area contributed by atoms with Crippen LogP contribution in [0.25, 0.3) is 0 Å². The maximum Gasteiger partial charge on any atom is 0.252 e. The van der Waals surface area contributed by atoms with Crippen molar-refractivity contribution in [2.75, 3.05) is 5.75 Å². The van der Waals surface area contributed by atoms with Crippen molar-refractivity contribution in [3.63, 3.8) is 0 Å². The molecule has 4 bridgehead atoms. The number of rotatable bonds is 7. The molecule has 2 N–H and O–H groups in total. The van der Waals surface area contributed by atoms with Gasteiger partial charge < -0.3 is 10.6 Å². The molecule has 4 fully saturated rings. The molecule has 4 aliphatic carbocycles. The second-order valence-corrected chi connectivity index (χ2v) is 11.2. The molecule has 2 aromatic rings. The molecule has 5 heteroatoms. The van der Waals surface area contributed by atoms with E-state index in [0.29, 0.717) is 11.3 Å². The second kappa shape index (κ2) is 8.93. The smallest absolute Gasteiger partial charge is 0.252 e. The van der Waals surface area contributed by atoms with Crippen LogP contribution in [0.2, 0.25) is 0 Å². The maximum absolute atomic E-state index is 13.0. The van der Waals surface area contributed by atoms with Crippen molar-refractivity contribution in [3.05, 3.63) is 65.7 Å². The lowest BCUT2D eigenvalue weighted by atomic mass is 9.53. The lowest BCUT2D eigenvalue weighted by Gasteiger charge is -2.56.